The van der Waals surface area contributed by atoms with Crippen molar-refractivity contribution in [2.75, 3.05) is 40.3 Å². The van der Waals surface area contributed by atoms with Crippen LogP contribution in [0.5, 0.6) is 0 Å². The maximum absolute atomic E-state index is 12.2. The highest BCUT2D eigenvalue weighted by Gasteiger charge is 2.22. The van der Waals surface area contributed by atoms with Crippen molar-refractivity contribution >= 4 is 6.03 Å². The van der Waals surface area contributed by atoms with Crippen molar-refractivity contribution in [2.24, 2.45) is 0 Å². The molecule has 0 saturated carbocycles. The number of piperazine rings is 1. The molecule has 0 aromatic rings. The molecule has 0 bridgehead atoms. The molecule has 1 fully saturated rings. The minimum atomic E-state index is 0.0195. The first-order chi connectivity index (χ1) is 8.10. The molecule has 1 saturated heterocycles. The predicted molar refractivity (Wildman–Crippen MR) is 70.7 cm³/mol. The van der Waals surface area contributed by atoms with Gasteiger partial charge in [0.1, 0.15) is 0 Å². The molecule has 0 radical (unpaired) electrons. The summed E-state index contributed by atoms with van der Waals surface area (Å²) in [5.74, 6) is 0. The Morgan fingerprint density at radius 2 is 1.82 bits per heavy atom. The van der Waals surface area contributed by atoms with Gasteiger partial charge in [-0.05, 0) is 19.2 Å². The van der Waals surface area contributed by atoms with Gasteiger partial charge in [0.2, 0.25) is 0 Å². The number of rotatable bonds is 3. The summed E-state index contributed by atoms with van der Waals surface area (Å²) in [6, 6.07) is 0.0195. The molecule has 4 nitrogen and oxygen atoms in total. The van der Waals surface area contributed by atoms with Gasteiger partial charge in [0.05, 0.1) is 0 Å². The van der Waals surface area contributed by atoms with E-state index in [2.05, 4.69) is 25.1 Å². The van der Waals surface area contributed by atoms with E-state index in [1.54, 1.807) is 30.2 Å². The molecule has 2 amide bonds. The zero-order chi connectivity index (χ0) is 12.8. The monoisotopic (exact) mass is 235 g/mol. The smallest absolute Gasteiger partial charge is 0.322 e. The summed E-state index contributed by atoms with van der Waals surface area (Å²) in [6.45, 7) is 10.7. The highest BCUT2D eigenvalue weighted by atomic mass is 16.2. The van der Waals surface area contributed by atoms with E-state index in [0.717, 1.165) is 31.9 Å². The van der Waals surface area contributed by atoms with Crippen molar-refractivity contribution in [2.45, 2.75) is 0 Å². The third-order valence-electron chi connectivity index (χ3n) is 2.95. The summed E-state index contributed by atoms with van der Waals surface area (Å²) < 4.78 is 0. The SMILES string of the molecule is C=C/C=C(\C=C)N(C)C(=O)N1CCN(C)CC1. The second kappa shape index (κ2) is 6.25. The Hall–Kier alpha value is -1.55. The summed E-state index contributed by atoms with van der Waals surface area (Å²) in [7, 11) is 3.83. The van der Waals surface area contributed by atoms with Crippen LogP contribution < -0.4 is 0 Å². The van der Waals surface area contributed by atoms with Crippen LogP contribution >= 0.6 is 0 Å². The summed E-state index contributed by atoms with van der Waals surface area (Å²) in [6.07, 6.45) is 5.10. The Kier molecular flexibility index (Phi) is 4.97. The van der Waals surface area contributed by atoms with E-state index in [0.29, 0.717) is 0 Å². The van der Waals surface area contributed by atoms with E-state index < -0.39 is 0 Å². The second-order valence-electron chi connectivity index (χ2n) is 4.16. The van der Waals surface area contributed by atoms with Gasteiger partial charge in [0, 0.05) is 38.9 Å². The van der Waals surface area contributed by atoms with Crippen molar-refractivity contribution in [3.05, 3.63) is 37.1 Å². The fourth-order valence-electron chi connectivity index (χ4n) is 1.76. The quantitative estimate of drug-likeness (QED) is 0.694. The van der Waals surface area contributed by atoms with E-state index in [9.17, 15) is 4.79 Å². The van der Waals surface area contributed by atoms with Gasteiger partial charge in [-0.1, -0.05) is 19.2 Å². The van der Waals surface area contributed by atoms with Gasteiger partial charge in [0.25, 0.3) is 0 Å². The number of amides is 2. The Bertz CT molecular complexity index is 328. The topological polar surface area (TPSA) is 26.8 Å². The Morgan fingerprint density at radius 1 is 1.24 bits per heavy atom. The molecular weight excluding hydrogens is 214 g/mol. The van der Waals surface area contributed by atoms with Crippen LogP contribution in [-0.2, 0) is 0 Å². The second-order valence-corrected chi connectivity index (χ2v) is 4.16. The van der Waals surface area contributed by atoms with Crippen LogP contribution in [-0.4, -0.2) is 61.0 Å². The number of carbonyl (C=O) groups is 1. The highest BCUT2D eigenvalue weighted by Crippen LogP contribution is 2.09. The molecule has 0 unspecified atom stereocenters. The number of allylic oxidation sites excluding steroid dienone is 3. The third-order valence-corrected chi connectivity index (χ3v) is 2.95. The van der Waals surface area contributed by atoms with Gasteiger partial charge in [-0.15, -0.1) is 0 Å². The molecule has 1 aliphatic heterocycles. The number of carbonyl (C=O) groups excluding carboxylic acids is 1. The molecule has 0 aromatic heterocycles. The Labute approximate surface area is 103 Å². The van der Waals surface area contributed by atoms with Gasteiger partial charge < -0.3 is 9.80 Å². The molecule has 0 N–H and O–H groups in total. The number of hydrogen-bond donors (Lipinski definition) is 0. The van der Waals surface area contributed by atoms with Gasteiger partial charge in [0.15, 0.2) is 0 Å². The van der Waals surface area contributed by atoms with Gasteiger partial charge >= 0.3 is 6.03 Å². The van der Waals surface area contributed by atoms with Crippen molar-refractivity contribution < 1.29 is 4.79 Å². The lowest BCUT2D eigenvalue weighted by Crippen LogP contribution is -2.50. The highest BCUT2D eigenvalue weighted by molar-refractivity contribution is 5.76. The molecular formula is C13H21N3O. The average molecular weight is 235 g/mol. The summed E-state index contributed by atoms with van der Waals surface area (Å²) in [4.78, 5) is 17.9. The first-order valence-corrected chi connectivity index (χ1v) is 5.76. The molecule has 0 spiro atoms. The largest absolute Gasteiger partial charge is 0.324 e. The summed E-state index contributed by atoms with van der Waals surface area (Å²) >= 11 is 0. The Morgan fingerprint density at radius 3 is 2.29 bits per heavy atom. The number of hydrogen-bond acceptors (Lipinski definition) is 2. The predicted octanol–water partition coefficient (Wildman–Crippen LogP) is 1.54. The lowest BCUT2D eigenvalue weighted by atomic mass is 10.3. The number of likely N-dealkylation sites (N-methyl/N-ethyl adjacent to an activating group) is 2. The lowest BCUT2D eigenvalue weighted by Gasteiger charge is -2.35. The first-order valence-electron chi connectivity index (χ1n) is 5.76. The molecule has 0 atom stereocenters. The fourth-order valence-corrected chi connectivity index (χ4v) is 1.76. The standard InChI is InChI=1S/C13H21N3O/c1-5-7-12(6-2)15(4)13(17)16-10-8-14(3)9-11-16/h5-7H,1-2,8-11H2,3-4H3/b12-7+. The zero-order valence-electron chi connectivity index (χ0n) is 10.7. The van der Waals surface area contributed by atoms with E-state index >= 15 is 0 Å². The van der Waals surface area contributed by atoms with Gasteiger partial charge in [-0.2, -0.15) is 0 Å². The fraction of sp³-hybridized carbons (Fsp3) is 0.462. The maximum Gasteiger partial charge on any atom is 0.324 e. The van der Waals surface area contributed by atoms with Crippen LogP contribution in [0.15, 0.2) is 37.1 Å². The third kappa shape index (κ3) is 3.46. The van der Waals surface area contributed by atoms with E-state index in [-0.39, 0.29) is 6.03 Å². The molecule has 0 aliphatic carbocycles. The molecule has 94 valence electrons. The molecule has 17 heavy (non-hydrogen) atoms. The van der Waals surface area contributed by atoms with Crippen LogP contribution in [0.1, 0.15) is 0 Å². The van der Waals surface area contributed by atoms with Crippen LogP contribution in [0.25, 0.3) is 0 Å². The molecule has 1 aliphatic rings. The van der Waals surface area contributed by atoms with Crippen molar-refractivity contribution in [1.82, 2.24) is 14.7 Å². The van der Waals surface area contributed by atoms with Gasteiger partial charge in [-0.3, -0.25) is 4.90 Å². The van der Waals surface area contributed by atoms with Gasteiger partial charge in [-0.25, -0.2) is 4.79 Å². The lowest BCUT2D eigenvalue weighted by molar-refractivity contribution is 0.137. The molecule has 4 heteroatoms. The van der Waals surface area contributed by atoms with Crippen molar-refractivity contribution in [3.63, 3.8) is 0 Å². The van der Waals surface area contributed by atoms with Crippen molar-refractivity contribution in [1.29, 1.82) is 0 Å². The normalized spacial score (nSPS) is 17.8. The number of nitrogens with zero attached hydrogens (tertiary/aromatic N) is 3. The Balaban J connectivity index is 2.66. The molecule has 1 rings (SSSR count). The summed E-state index contributed by atoms with van der Waals surface area (Å²) in [5.41, 5.74) is 0.768. The minimum absolute atomic E-state index is 0.0195. The molecule has 1 heterocycles. The van der Waals surface area contributed by atoms with Crippen LogP contribution in [0.4, 0.5) is 4.79 Å². The van der Waals surface area contributed by atoms with Crippen LogP contribution in [0.3, 0.4) is 0 Å². The molecule has 0 aromatic carbocycles. The zero-order valence-corrected chi connectivity index (χ0v) is 10.7. The van der Waals surface area contributed by atoms with E-state index in [1.807, 2.05) is 4.90 Å². The van der Waals surface area contributed by atoms with Crippen molar-refractivity contribution in [3.8, 4) is 0 Å². The first kappa shape index (κ1) is 13.5. The summed E-state index contributed by atoms with van der Waals surface area (Å²) in [5, 5.41) is 0. The van der Waals surface area contributed by atoms with E-state index in [1.165, 1.54) is 0 Å². The number of urea groups is 1. The van der Waals surface area contributed by atoms with E-state index in [4.69, 9.17) is 0 Å². The average Bonchev–Trinajstić information content (AvgIpc) is 2.35. The van der Waals surface area contributed by atoms with Crippen LogP contribution in [0.2, 0.25) is 0 Å². The van der Waals surface area contributed by atoms with Crippen LogP contribution in [0, 0.1) is 0 Å². The minimum Gasteiger partial charge on any atom is -0.322 e. The maximum atomic E-state index is 12.2.